The third-order valence-electron chi connectivity index (χ3n) is 2.67. The Morgan fingerprint density at radius 1 is 1.06 bits per heavy atom. The summed E-state index contributed by atoms with van der Waals surface area (Å²) in [5.74, 6) is 0.799. The standard InChI is InChI=1S/C15H15NO2/c1-12(16-17)14-7-9-15(10-8-14)18-11-13-5-3-2-4-6-13/h2-10,17H,11H2,1H3. The SMILES string of the molecule is CC(=NO)c1ccc(OCc2ccccc2)cc1. The molecule has 0 saturated heterocycles. The first-order chi connectivity index (χ1) is 8.79. The van der Waals surface area contributed by atoms with E-state index in [1.165, 1.54) is 0 Å². The highest BCUT2D eigenvalue weighted by Crippen LogP contribution is 2.14. The van der Waals surface area contributed by atoms with E-state index in [4.69, 9.17) is 9.94 Å². The first-order valence-electron chi connectivity index (χ1n) is 5.75. The molecule has 0 spiro atoms. The Morgan fingerprint density at radius 3 is 2.33 bits per heavy atom. The van der Waals surface area contributed by atoms with Crippen molar-refractivity contribution in [2.24, 2.45) is 5.16 Å². The van der Waals surface area contributed by atoms with Crippen LogP contribution < -0.4 is 4.74 Å². The average Bonchev–Trinajstić information content (AvgIpc) is 2.46. The van der Waals surface area contributed by atoms with Crippen molar-refractivity contribution in [2.75, 3.05) is 0 Å². The van der Waals surface area contributed by atoms with E-state index in [2.05, 4.69) is 5.16 Å². The first-order valence-corrected chi connectivity index (χ1v) is 5.75. The Kier molecular flexibility index (Phi) is 3.97. The molecule has 3 heteroatoms. The molecule has 0 aromatic heterocycles. The molecule has 0 amide bonds. The number of rotatable bonds is 4. The first kappa shape index (κ1) is 12.2. The second-order valence-electron chi connectivity index (χ2n) is 3.98. The molecule has 0 atom stereocenters. The molecule has 2 rings (SSSR count). The van der Waals surface area contributed by atoms with Gasteiger partial charge in [0.15, 0.2) is 0 Å². The van der Waals surface area contributed by atoms with Crippen LogP contribution in [0.3, 0.4) is 0 Å². The van der Waals surface area contributed by atoms with E-state index in [1.54, 1.807) is 6.92 Å². The summed E-state index contributed by atoms with van der Waals surface area (Å²) in [7, 11) is 0. The van der Waals surface area contributed by atoms with Crippen molar-refractivity contribution in [3.8, 4) is 5.75 Å². The van der Waals surface area contributed by atoms with E-state index in [0.29, 0.717) is 12.3 Å². The molecule has 18 heavy (non-hydrogen) atoms. The number of hydrogen-bond donors (Lipinski definition) is 1. The van der Waals surface area contributed by atoms with E-state index in [1.807, 2.05) is 54.6 Å². The van der Waals surface area contributed by atoms with Gasteiger partial charge in [-0.15, -0.1) is 0 Å². The lowest BCUT2D eigenvalue weighted by atomic mass is 10.1. The van der Waals surface area contributed by atoms with Crippen LogP contribution in [0.25, 0.3) is 0 Å². The summed E-state index contributed by atoms with van der Waals surface area (Å²) in [5, 5.41) is 11.8. The molecule has 3 nitrogen and oxygen atoms in total. The third-order valence-corrected chi connectivity index (χ3v) is 2.67. The molecular formula is C15H15NO2. The van der Waals surface area contributed by atoms with Gasteiger partial charge in [0, 0.05) is 0 Å². The number of nitrogens with zero attached hydrogens (tertiary/aromatic N) is 1. The molecule has 2 aromatic carbocycles. The maximum atomic E-state index is 8.67. The minimum absolute atomic E-state index is 0.549. The third kappa shape index (κ3) is 3.10. The summed E-state index contributed by atoms with van der Waals surface area (Å²) < 4.78 is 5.66. The Hall–Kier alpha value is -2.29. The van der Waals surface area contributed by atoms with Gasteiger partial charge in [-0.05, 0) is 42.3 Å². The number of oxime groups is 1. The Morgan fingerprint density at radius 2 is 1.72 bits per heavy atom. The maximum absolute atomic E-state index is 8.67. The molecular weight excluding hydrogens is 226 g/mol. The minimum Gasteiger partial charge on any atom is -0.489 e. The van der Waals surface area contributed by atoms with E-state index in [0.717, 1.165) is 16.9 Å². The Balaban J connectivity index is 1.99. The molecule has 0 aliphatic rings. The van der Waals surface area contributed by atoms with Gasteiger partial charge in [-0.1, -0.05) is 35.5 Å². The van der Waals surface area contributed by atoms with Crippen LogP contribution in [-0.2, 0) is 6.61 Å². The number of ether oxygens (including phenoxy) is 1. The largest absolute Gasteiger partial charge is 0.489 e. The van der Waals surface area contributed by atoms with Gasteiger partial charge in [-0.3, -0.25) is 0 Å². The molecule has 0 saturated carbocycles. The van der Waals surface area contributed by atoms with Gasteiger partial charge in [0.1, 0.15) is 12.4 Å². The van der Waals surface area contributed by atoms with Gasteiger partial charge in [0.05, 0.1) is 5.71 Å². The van der Waals surface area contributed by atoms with E-state index in [9.17, 15) is 0 Å². The molecule has 0 fully saturated rings. The lowest BCUT2D eigenvalue weighted by Crippen LogP contribution is -1.97. The molecule has 0 bridgehead atoms. The van der Waals surface area contributed by atoms with Gasteiger partial charge in [0.25, 0.3) is 0 Å². The zero-order valence-electron chi connectivity index (χ0n) is 10.2. The fraction of sp³-hybridized carbons (Fsp3) is 0.133. The normalized spacial score (nSPS) is 11.3. The van der Waals surface area contributed by atoms with Crippen molar-refractivity contribution < 1.29 is 9.94 Å². The summed E-state index contributed by atoms with van der Waals surface area (Å²) in [6, 6.07) is 17.5. The number of benzene rings is 2. The van der Waals surface area contributed by atoms with Crippen LogP contribution in [0, 0.1) is 0 Å². The Bertz CT molecular complexity index is 518. The van der Waals surface area contributed by atoms with Gasteiger partial charge < -0.3 is 9.94 Å². The van der Waals surface area contributed by atoms with Gasteiger partial charge >= 0.3 is 0 Å². The highest BCUT2D eigenvalue weighted by molar-refractivity contribution is 5.98. The van der Waals surface area contributed by atoms with Crippen LogP contribution >= 0.6 is 0 Å². The van der Waals surface area contributed by atoms with Crippen molar-refractivity contribution in [1.82, 2.24) is 0 Å². The van der Waals surface area contributed by atoms with Gasteiger partial charge in [-0.2, -0.15) is 0 Å². The summed E-state index contributed by atoms with van der Waals surface area (Å²) in [5.41, 5.74) is 2.60. The predicted octanol–water partition coefficient (Wildman–Crippen LogP) is 3.46. The maximum Gasteiger partial charge on any atom is 0.119 e. The van der Waals surface area contributed by atoms with Crippen molar-refractivity contribution in [3.05, 3.63) is 65.7 Å². The fourth-order valence-electron chi connectivity index (χ4n) is 1.59. The second kappa shape index (κ2) is 5.87. The van der Waals surface area contributed by atoms with Crippen LogP contribution in [0.15, 0.2) is 59.8 Å². The number of hydrogen-bond acceptors (Lipinski definition) is 3. The lowest BCUT2D eigenvalue weighted by molar-refractivity contribution is 0.306. The van der Waals surface area contributed by atoms with Crippen molar-refractivity contribution in [3.63, 3.8) is 0 Å². The molecule has 92 valence electrons. The van der Waals surface area contributed by atoms with Crippen LogP contribution in [0.2, 0.25) is 0 Å². The second-order valence-corrected chi connectivity index (χ2v) is 3.98. The smallest absolute Gasteiger partial charge is 0.119 e. The molecule has 0 unspecified atom stereocenters. The molecule has 0 heterocycles. The van der Waals surface area contributed by atoms with E-state index in [-0.39, 0.29) is 0 Å². The molecule has 0 aliphatic carbocycles. The Labute approximate surface area is 106 Å². The zero-order valence-corrected chi connectivity index (χ0v) is 10.2. The molecule has 0 radical (unpaired) electrons. The predicted molar refractivity (Wildman–Crippen MR) is 71.2 cm³/mol. The summed E-state index contributed by atoms with van der Waals surface area (Å²) >= 11 is 0. The highest BCUT2D eigenvalue weighted by Gasteiger charge is 1.99. The van der Waals surface area contributed by atoms with Crippen LogP contribution in [0.4, 0.5) is 0 Å². The minimum atomic E-state index is 0.549. The fourth-order valence-corrected chi connectivity index (χ4v) is 1.59. The van der Waals surface area contributed by atoms with Crippen LogP contribution in [-0.4, -0.2) is 10.9 Å². The summed E-state index contributed by atoms with van der Waals surface area (Å²) in [4.78, 5) is 0. The van der Waals surface area contributed by atoms with Crippen molar-refractivity contribution in [2.45, 2.75) is 13.5 Å². The van der Waals surface area contributed by atoms with Crippen LogP contribution in [0.1, 0.15) is 18.1 Å². The van der Waals surface area contributed by atoms with E-state index < -0.39 is 0 Å². The average molecular weight is 241 g/mol. The van der Waals surface area contributed by atoms with Crippen molar-refractivity contribution in [1.29, 1.82) is 0 Å². The topological polar surface area (TPSA) is 41.8 Å². The molecule has 0 aliphatic heterocycles. The lowest BCUT2D eigenvalue weighted by Gasteiger charge is -2.07. The molecule has 2 aromatic rings. The quantitative estimate of drug-likeness (QED) is 0.506. The molecule has 1 N–H and O–H groups in total. The van der Waals surface area contributed by atoms with Crippen LogP contribution in [0.5, 0.6) is 5.75 Å². The van der Waals surface area contributed by atoms with Crippen molar-refractivity contribution >= 4 is 5.71 Å². The highest BCUT2D eigenvalue weighted by atomic mass is 16.5. The monoisotopic (exact) mass is 241 g/mol. The summed E-state index contributed by atoms with van der Waals surface area (Å²) in [6.45, 7) is 2.30. The van der Waals surface area contributed by atoms with Gasteiger partial charge in [0.2, 0.25) is 0 Å². The van der Waals surface area contributed by atoms with Gasteiger partial charge in [-0.25, -0.2) is 0 Å². The zero-order chi connectivity index (χ0) is 12.8. The van der Waals surface area contributed by atoms with E-state index >= 15 is 0 Å². The summed E-state index contributed by atoms with van der Waals surface area (Å²) in [6.07, 6.45) is 0.